The second-order valence-corrected chi connectivity index (χ2v) is 8.68. The van der Waals surface area contributed by atoms with Gasteiger partial charge in [-0.15, -0.1) is 11.3 Å². The summed E-state index contributed by atoms with van der Waals surface area (Å²) in [5, 5.41) is 17.1. The number of nitrogens with zero attached hydrogens (tertiary/aromatic N) is 2. The van der Waals surface area contributed by atoms with Crippen molar-refractivity contribution in [1.29, 1.82) is 0 Å². The number of aliphatic carboxylic acids is 1. The molecular weight excluding hydrogens is 433 g/mol. The lowest BCUT2D eigenvalue weighted by molar-refractivity contribution is -0.192. The fraction of sp³-hybridized carbons (Fsp3) is 0.476. The van der Waals surface area contributed by atoms with Crippen LogP contribution in [0, 0.1) is 19.8 Å². The van der Waals surface area contributed by atoms with Gasteiger partial charge in [-0.1, -0.05) is 18.2 Å². The Labute approximate surface area is 182 Å². The minimum Gasteiger partial charge on any atom is -0.477 e. The van der Waals surface area contributed by atoms with Gasteiger partial charge in [0.25, 0.3) is 0 Å². The summed E-state index contributed by atoms with van der Waals surface area (Å²) in [6.07, 6.45) is -0.369. The predicted octanol–water partition coefficient (Wildman–Crippen LogP) is 4.55. The number of hydrogen-bond donors (Lipinski definition) is 2. The predicted molar refractivity (Wildman–Crippen MR) is 110 cm³/mol. The third-order valence-electron chi connectivity index (χ3n) is 5.15. The minimum atomic E-state index is -5.08. The van der Waals surface area contributed by atoms with Gasteiger partial charge >= 0.3 is 18.1 Å². The number of rotatable bonds is 5. The zero-order valence-corrected chi connectivity index (χ0v) is 18.1. The Kier molecular flexibility index (Phi) is 8.58. The lowest BCUT2D eigenvalue weighted by Gasteiger charge is -2.31. The molecule has 0 atom stereocenters. The molecule has 170 valence electrons. The molecule has 2 aromatic rings. The Bertz CT molecular complexity index is 906. The molecule has 1 aromatic carbocycles. The van der Waals surface area contributed by atoms with Crippen LogP contribution in [0.4, 0.5) is 13.2 Å². The molecule has 0 saturated carbocycles. The third kappa shape index (κ3) is 7.95. The number of halogens is 3. The summed E-state index contributed by atoms with van der Waals surface area (Å²) >= 11 is 1.32. The molecule has 1 saturated heterocycles. The summed E-state index contributed by atoms with van der Waals surface area (Å²) in [7, 11) is 0. The van der Waals surface area contributed by atoms with E-state index >= 15 is 0 Å². The number of alkyl halides is 3. The number of carboxylic acids is 2. The van der Waals surface area contributed by atoms with Gasteiger partial charge in [-0.3, -0.25) is 4.90 Å². The fourth-order valence-electron chi connectivity index (χ4n) is 3.26. The van der Waals surface area contributed by atoms with Crippen LogP contribution < -0.4 is 0 Å². The first-order valence-electron chi connectivity index (χ1n) is 9.72. The van der Waals surface area contributed by atoms with E-state index in [1.165, 1.54) is 34.2 Å². The quantitative estimate of drug-likeness (QED) is 0.683. The molecule has 10 heteroatoms. The Balaban J connectivity index is 0.000000423. The zero-order valence-electron chi connectivity index (χ0n) is 17.3. The second kappa shape index (κ2) is 10.7. The molecule has 0 spiro atoms. The average Bonchev–Trinajstić information content (AvgIpc) is 3.15. The number of thiazole rings is 1. The summed E-state index contributed by atoms with van der Waals surface area (Å²) in [5.74, 6) is -3.01. The van der Waals surface area contributed by atoms with E-state index in [1.54, 1.807) is 0 Å². The van der Waals surface area contributed by atoms with Gasteiger partial charge in [0, 0.05) is 13.0 Å². The van der Waals surface area contributed by atoms with Crippen molar-refractivity contribution in [3.8, 4) is 0 Å². The number of aryl methyl sites for hydroxylation is 2. The van der Waals surface area contributed by atoms with Crippen molar-refractivity contribution >= 4 is 23.3 Å². The molecule has 1 fully saturated rings. The minimum absolute atomic E-state index is 0.345. The van der Waals surface area contributed by atoms with Crippen LogP contribution >= 0.6 is 11.3 Å². The summed E-state index contributed by atoms with van der Waals surface area (Å²) in [6, 6.07) is 6.74. The molecule has 0 bridgehead atoms. The number of likely N-dealkylation sites (tertiary alicyclic amines) is 1. The van der Waals surface area contributed by atoms with Gasteiger partial charge in [0.2, 0.25) is 0 Å². The number of piperidine rings is 1. The van der Waals surface area contributed by atoms with Crippen molar-refractivity contribution in [3.05, 3.63) is 51.0 Å². The number of hydrogen-bond acceptors (Lipinski definition) is 5. The van der Waals surface area contributed by atoms with E-state index in [4.69, 9.17) is 15.0 Å². The van der Waals surface area contributed by atoms with Gasteiger partial charge in [0.15, 0.2) is 0 Å². The topological polar surface area (TPSA) is 90.7 Å². The molecular formula is C21H25F3N2O4S. The molecule has 6 nitrogen and oxygen atoms in total. The third-order valence-corrected chi connectivity index (χ3v) is 6.16. The highest BCUT2D eigenvalue weighted by atomic mass is 32.1. The van der Waals surface area contributed by atoms with Crippen molar-refractivity contribution in [3.63, 3.8) is 0 Å². The Morgan fingerprint density at radius 3 is 2.26 bits per heavy atom. The average molecular weight is 459 g/mol. The zero-order chi connectivity index (χ0) is 23.2. The van der Waals surface area contributed by atoms with E-state index in [9.17, 15) is 18.0 Å². The normalized spacial score (nSPS) is 15.3. The van der Waals surface area contributed by atoms with E-state index in [0.29, 0.717) is 10.8 Å². The summed E-state index contributed by atoms with van der Waals surface area (Å²) in [6.45, 7) is 7.56. The molecule has 0 radical (unpaired) electrons. The second-order valence-electron chi connectivity index (χ2n) is 7.57. The van der Waals surface area contributed by atoms with Crippen molar-refractivity contribution < 1.29 is 33.0 Å². The van der Waals surface area contributed by atoms with E-state index in [0.717, 1.165) is 43.9 Å². The Morgan fingerprint density at radius 1 is 1.16 bits per heavy atom. The first-order valence-corrected chi connectivity index (χ1v) is 10.5. The van der Waals surface area contributed by atoms with Crippen LogP contribution in [0.2, 0.25) is 0 Å². The van der Waals surface area contributed by atoms with Gasteiger partial charge in [0.1, 0.15) is 4.88 Å². The summed E-state index contributed by atoms with van der Waals surface area (Å²) < 4.78 is 31.7. The number of aromatic nitrogens is 1. The number of benzene rings is 1. The van der Waals surface area contributed by atoms with Crippen LogP contribution in [0.25, 0.3) is 0 Å². The molecule has 1 aliphatic rings. The van der Waals surface area contributed by atoms with Crippen molar-refractivity contribution in [2.24, 2.45) is 5.92 Å². The van der Waals surface area contributed by atoms with Crippen molar-refractivity contribution in [2.75, 3.05) is 13.1 Å². The van der Waals surface area contributed by atoms with Gasteiger partial charge in [-0.2, -0.15) is 13.2 Å². The van der Waals surface area contributed by atoms with Gasteiger partial charge in [0.05, 0.1) is 11.2 Å². The van der Waals surface area contributed by atoms with Gasteiger partial charge in [-0.25, -0.2) is 14.6 Å². The molecule has 3 rings (SSSR count). The van der Waals surface area contributed by atoms with E-state index < -0.39 is 18.1 Å². The standard InChI is InChI=1S/C19H24N2O2S.C2HF3O2/c1-13-3-4-16(9-14(13)2)12-21-7-5-15(6-8-21)10-18-20-11-17(24-18)19(22)23;3-2(4,5)1(6)7/h3-4,9,11,15H,5-8,10,12H2,1-2H3,(H,22,23);(H,6,7). The molecule has 0 aliphatic carbocycles. The molecule has 0 unspecified atom stereocenters. The monoisotopic (exact) mass is 458 g/mol. The highest BCUT2D eigenvalue weighted by molar-refractivity contribution is 7.13. The van der Waals surface area contributed by atoms with E-state index in [2.05, 4.69) is 41.9 Å². The van der Waals surface area contributed by atoms with Crippen LogP contribution in [-0.2, 0) is 17.8 Å². The highest BCUT2D eigenvalue weighted by Gasteiger charge is 2.38. The van der Waals surface area contributed by atoms with Crippen LogP contribution in [0.3, 0.4) is 0 Å². The van der Waals surface area contributed by atoms with E-state index in [1.807, 2.05) is 0 Å². The lowest BCUT2D eigenvalue weighted by Crippen LogP contribution is -2.33. The molecule has 2 heterocycles. The maximum atomic E-state index is 10.9. The number of carboxylic acid groups (broad SMARTS) is 2. The van der Waals surface area contributed by atoms with Gasteiger partial charge in [-0.05, 0) is 62.4 Å². The molecule has 1 aromatic heterocycles. The van der Waals surface area contributed by atoms with Crippen molar-refractivity contribution in [2.45, 2.75) is 45.8 Å². The SMILES string of the molecule is Cc1ccc(CN2CCC(Cc3ncc(C(=O)O)s3)CC2)cc1C.O=C(O)C(F)(F)F. The van der Waals surface area contributed by atoms with Crippen LogP contribution in [-0.4, -0.2) is 51.3 Å². The molecule has 0 amide bonds. The number of carbonyl (C=O) groups is 2. The largest absolute Gasteiger partial charge is 0.490 e. The van der Waals surface area contributed by atoms with Crippen LogP contribution in [0.15, 0.2) is 24.4 Å². The van der Waals surface area contributed by atoms with Crippen LogP contribution in [0.5, 0.6) is 0 Å². The Morgan fingerprint density at radius 2 is 1.77 bits per heavy atom. The van der Waals surface area contributed by atoms with Crippen LogP contribution in [0.1, 0.15) is 44.2 Å². The molecule has 2 N–H and O–H groups in total. The highest BCUT2D eigenvalue weighted by Crippen LogP contribution is 2.25. The maximum Gasteiger partial charge on any atom is 0.490 e. The van der Waals surface area contributed by atoms with E-state index in [-0.39, 0.29) is 0 Å². The first kappa shape index (κ1) is 24.8. The molecule has 1 aliphatic heterocycles. The van der Waals surface area contributed by atoms with Gasteiger partial charge < -0.3 is 10.2 Å². The summed E-state index contributed by atoms with van der Waals surface area (Å²) in [5.41, 5.74) is 4.10. The maximum absolute atomic E-state index is 10.9. The smallest absolute Gasteiger partial charge is 0.477 e. The van der Waals surface area contributed by atoms with Crippen molar-refractivity contribution in [1.82, 2.24) is 9.88 Å². The lowest BCUT2D eigenvalue weighted by atomic mass is 9.93. The fourth-order valence-corrected chi connectivity index (χ4v) is 4.13. The number of aromatic carboxylic acids is 1. The molecule has 31 heavy (non-hydrogen) atoms. The first-order chi connectivity index (χ1) is 14.5. The summed E-state index contributed by atoms with van der Waals surface area (Å²) in [4.78, 5) is 27.0. The Hall–Kier alpha value is -2.46.